The normalized spacial score (nSPS) is 11.0. The van der Waals surface area contributed by atoms with Crippen LogP contribution in [0.25, 0.3) is 0 Å². The second-order valence-corrected chi connectivity index (χ2v) is 6.59. The van der Waals surface area contributed by atoms with Gasteiger partial charge < -0.3 is 5.32 Å². The van der Waals surface area contributed by atoms with Crippen molar-refractivity contribution in [2.75, 3.05) is 6.54 Å². The Morgan fingerprint density at radius 1 is 0.682 bits per heavy atom. The van der Waals surface area contributed by atoms with Gasteiger partial charge in [-0.1, -0.05) is 89.7 Å². The zero-order valence-corrected chi connectivity index (χ0v) is 15.3. The van der Waals surface area contributed by atoms with Crippen LogP contribution >= 0.6 is 0 Å². The van der Waals surface area contributed by atoms with Crippen LogP contribution in [0.1, 0.15) is 96.8 Å². The molecule has 0 rings (SSSR count). The van der Waals surface area contributed by atoms with Crippen LogP contribution in [0.5, 0.6) is 0 Å². The molecule has 0 radical (unpaired) electrons. The Morgan fingerprint density at radius 2 is 1.09 bits per heavy atom. The maximum absolute atomic E-state index is 3.82. The van der Waals surface area contributed by atoms with Crippen molar-refractivity contribution in [3.63, 3.8) is 0 Å². The summed E-state index contributed by atoms with van der Waals surface area (Å²) in [5.41, 5.74) is 0. The molecule has 0 aliphatic heterocycles. The molecule has 1 N–H and O–H groups in total. The van der Waals surface area contributed by atoms with Crippen molar-refractivity contribution < 1.29 is 0 Å². The van der Waals surface area contributed by atoms with Gasteiger partial charge in [0, 0.05) is 6.04 Å². The molecular formula is C21H41N. The van der Waals surface area contributed by atoms with Crippen molar-refractivity contribution >= 4 is 0 Å². The minimum absolute atomic E-state index is 0.544. The Bertz CT molecular complexity index is 224. The summed E-state index contributed by atoms with van der Waals surface area (Å²) < 4.78 is 0. The van der Waals surface area contributed by atoms with E-state index in [-0.39, 0.29) is 0 Å². The van der Waals surface area contributed by atoms with Gasteiger partial charge in [-0.15, -0.1) is 13.2 Å². The summed E-state index contributed by atoms with van der Waals surface area (Å²) in [5.74, 6) is 0. The average molecular weight is 308 g/mol. The molecule has 0 aromatic carbocycles. The zero-order valence-electron chi connectivity index (χ0n) is 15.3. The zero-order chi connectivity index (χ0) is 16.3. The molecule has 0 aromatic rings. The van der Waals surface area contributed by atoms with E-state index >= 15 is 0 Å². The lowest BCUT2D eigenvalue weighted by Gasteiger charge is -2.15. The Kier molecular flexibility index (Phi) is 18.0. The van der Waals surface area contributed by atoms with E-state index in [4.69, 9.17) is 0 Å². The molecule has 0 aliphatic carbocycles. The molecule has 0 saturated heterocycles. The molecule has 0 fully saturated rings. The minimum Gasteiger partial charge on any atom is -0.313 e. The van der Waals surface area contributed by atoms with Crippen molar-refractivity contribution in [1.29, 1.82) is 0 Å². The molecule has 0 heterocycles. The fraction of sp³-hybridized carbons (Fsp3) is 0.810. The van der Waals surface area contributed by atoms with Gasteiger partial charge in [0.15, 0.2) is 0 Å². The summed E-state index contributed by atoms with van der Waals surface area (Å²) in [7, 11) is 0. The first kappa shape index (κ1) is 21.4. The first-order valence-electron chi connectivity index (χ1n) is 9.80. The van der Waals surface area contributed by atoms with Gasteiger partial charge in [0.2, 0.25) is 0 Å². The summed E-state index contributed by atoms with van der Waals surface area (Å²) >= 11 is 0. The maximum Gasteiger partial charge on any atom is 0.0136 e. The van der Waals surface area contributed by atoms with Crippen LogP contribution in [0.4, 0.5) is 0 Å². The molecule has 0 saturated carbocycles. The molecule has 22 heavy (non-hydrogen) atoms. The lowest BCUT2D eigenvalue weighted by atomic mass is 10.1. The Morgan fingerprint density at radius 3 is 1.50 bits per heavy atom. The van der Waals surface area contributed by atoms with Gasteiger partial charge in [0.1, 0.15) is 0 Å². The molecule has 0 bridgehead atoms. The quantitative estimate of drug-likeness (QED) is 0.217. The van der Waals surface area contributed by atoms with Crippen molar-refractivity contribution in [3.05, 3.63) is 25.3 Å². The van der Waals surface area contributed by atoms with Crippen molar-refractivity contribution in [1.82, 2.24) is 5.32 Å². The Balaban J connectivity index is 3.19. The summed E-state index contributed by atoms with van der Waals surface area (Å²) in [5, 5.41) is 3.61. The topological polar surface area (TPSA) is 12.0 Å². The van der Waals surface area contributed by atoms with Crippen LogP contribution in [0.15, 0.2) is 25.3 Å². The highest BCUT2D eigenvalue weighted by Gasteiger charge is 2.02. The second kappa shape index (κ2) is 18.5. The lowest BCUT2D eigenvalue weighted by Crippen LogP contribution is -2.28. The predicted molar refractivity (Wildman–Crippen MR) is 102 cm³/mol. The van der Waals surface area contributed by atoms with Gasteiger partial charge in [-0.05, 0) is 25.8 Å². The fourth-order valence-electron chi connectivity index (χ4n) is 2.94. The third-order valence-corrected chi connectivity index (χ3v) is 4.37. The van der Waals surface area contributed by atoms with Crippen molar-refractivity contribution in [2.45, 2.75) is 103 Å². The molecule has 0 spiro atoms. The number of hydrogen-bond donors (Lipinski definition) is 1. The van der Waals surface area contributed by atoms with E-state index in [1.54, 1.807) is 0 Å². The highest BCUT2D eigenvalue weighted by atomic mass is 14.9. The molecule has 0 unspecified atom stereocenters. The predicted octanol–water partition coefficient (Wildman–Crippen LogP) is 6.80. The van der Waals surface area contributed by atoms with E-state index in [9.17, 15) is 0 Å². The van der Waals surface area contributed by atoms with Crippen LogP contribution in [-0.2, 0) is 0 Å². The second-order valence-electron chi connectivity index (χ2n) is 6.59. The summed E-state index contributed by atoms with van der Waals surface area (Å²) in [6.07, 6.45) is 23.1. The fourth-order valence-corrected chi connectivity index (χ4v) is 2.94. The van der Waals surface area contributed by atoms with Crippen LogP contribution in [-0.4, -0.2) is 12.6 Å². The van der Waals surface area contributed by atoms with Crippen LogP contribution in [0, 0.1) is 0 Å². The first-order valence-corrected chi connectivity index (χ1v) is 9.80. The SMILES string of the molecule is C=CCC(CC=C)NCCCCCCCCCCCCCC. The van der Waals surface area contributed by atoms with Gasteiger partial charge in [-0.3, -0.25) is 0 Å². The summed E-state index contributed by atoms with van der Waals surface area (Å²) in [6.45, 7) is 11.1. The van der Waals surface area contributed by atoms with Gasteiger partial charge in [0.25, 0.3) is 0 Å². The van der Waals surface area contributed by atoms with Crippen LogP contribution in [0.2, 0.25) is 0 Å². The number of nitrogens with one attached hydrogen (secondary N) is 1. The molecule has 1 heteroatoms. The molecule has 0 amide bonds. The highest BCUT2D eigenvalue weighted by Crippen LogP contribution is 2.11. The molecule has 0 aliphatic rings. The maximum atomic E-state index is 3.82. The van der Waals surface area contributed by atoms with Gasteiger partial charge in [0.05, 0.1) is 0 Å². The Hall–Kier alpha value is -0.560. The monoisotopic (exact) mass is 307 g/mol. The average Bonchev–Trinajstić information content (AvgIpc) is 2.52. The van der Waals surface area contributed by atoms with Gasteiger partial charge in [-0.2, -0.15) is 0 Å². The molecule has 0 aromatic heterocycles. The van der Waals surface area contributed by atoms with E-state index in [2.05, 4.69) is 25.4 Å². The van der Waals surface area contributed by atoms with Gasteiger partial charge in [-0.25, -0.2) is 0 Å². The van der Waals surface area contributed by atoms with Crippen LogP contribution < -0.4 is 5.32 Å². The molecule has 0 atom stereocenters. The minimum atomic E-state index is 0.544. The largest absolute Gasteiger partial charge is 0.313 e. The number of hydrogen-bond acceptors (Lipinski definition) is 1. The van der Waals surface area contributed by atoms with E-state index in [0.717, 1.165) is 19.4 Å². The standard InChI is InChI=1S/C21H41N/c1-4-7-8-9-10-11-12-13-14-15-16-17-20-22-21(18-5-2)19-6-3/h5-6,21-22H,2-4,7-20H2,1H3. The van der Waals surface area contributed by atoms with E-state index < -0.39 is 0 Å². The van der Waals surface area contributed by atoms with Gasteiger partial charge >= 0.3 is 0 Å². The molecule has 1 nitrogen and oxygen atoms in total. The van der Waals surface area contributed by atoms with Crippen LogP contribution in [0.3, 0.4) is 0 Å². The van der Waals surface area contributed by atoms with Crippen molar-refractivity contribution in [2.24, 2.45) is 0 Å². The highest BCUT2D eigenvalue weighted by molar-refractivity contribution is 4.83. The van der Waals surface area contributed by atoms with Crippen molar-refractivity contribution in [3.8, 4) is 0 Å². The summed E-state index contributed by atoms with van der Waals surface area (Å²) in [4.78, 5) is 0. The first-order chi connectivity index (χ1) is 10.8. The third-order valence-electron chi connectivity index (χ3n) is 4.37. The Labute approximate surface area is 140 Å². The molecular weight excluding hydrogens is 266 g/mol. The van der Waals surface area contributed by atoms with E-state index in [1.807, 2.05) is 12.2 Å². The number of rotatable bonds is 18. The molecule has 130 valence electrons. The lowest BCUT2D eigenvalue weighted by molar-refractivity contribution is 0.490. The smallest absolute Gasteiger partial charge is 0.0136 e. The van der Waals surface area contributed by atoms with E-state index in [0.29, 0.717) is 6.04 Å². The third kappa shape index (κ3) is 15.8. The number of unbranched alkanes of at least 4 members (excludes halogenated alkanes) is 11. The van der Waals surface area contributed by atoms with E-state index in [1.165, 1.54) is 77.0 Å². The summed E-state index contributed by atoms with van der Waals surface area (Å²) in [6, 6.07) is 0.544.